The van der Waals surface area contributed by atoms with Crippen molar-refractivity contribution in [2.24, 2.45) is 11.7 Å². The fourth-order valence-corrected chi connectivity index (χ4v) is 6.05. The Labute approximate surface area is 319 Å². The van der Waals surface area contributed by atoms with Gasteiger partial charge in [0.05, 0.1) is 13.2 Å². The second-order valence-corrected chi connectivity index (χ2v) is 14.3. The molecule has 4 rings (SSSR count). The molecule has 3 aliphatic heterocycles. The van der Waals surface area contributed by atoms with E-state index in [1.165, 1.54) is 83.1 Å². The molecule has 3 aliphatic rings. The highest BCUT2D eigenvalue weighted by Crippen LogP contribution is 2.17. The summed E-state index contributed by atoms with van der Waals surface area (Å²) >= 11 is 0. The summed E-state index contributed by atoms with van der Waals surface area (Å²) in [5.41, 5.74) is 9.79. The Morgan fingerprint density at radius 2 is 1.48 bits per heavy atom. The number of hydrazine groups is 1. The summed E-state index contributed by atoms with van der Waals surface area (Å²) in [6.45, 7) is 23.4. The average molecular weight is 738 g/mol. The van der Waals surface area contributed by atoms with Crippen LogP contribution in [0, 0.1) is 5.92 Å². The van der Waals surface area contributed by atoms with Gasteiger partial charge in [-0.2, -0.15) is 0 Å². The van der Waals surface area contributed by atoms with Crippen LogP contribution in [0.5, 0.6) is 0 Å². The number of primary amides is 1. The van der Waals surface area contributed by atoms with E-state index in [0.29, 0.717) is 12.1 Å². The Morgan fingerprint density at radius 3 is 1.94 bits per heavy atom. The van der Waals surface area contributed by atoms with Gasteiger partial charge >= 0.3 is 0 Å². The lowest BCUT2D eigenvalue weighted by Crippen LogP contribution is -2.44. The second kappa shape index (κ2) is 36.2. The van der Waals surface area contributed by atoms with Crippen LogP contribution in [-0.2, 0) is 20.8 Å². The maximum atomic E-state index is 10.5. The molecule has 0 radical (unpaired) electrons. The molecule has 3 saturated heterocycles. The highest BCUT2D eigenvalue weighted by Gasteiger charge is 2.22. The molecule has 4 heterocycles. The van der Waals surface area contributed by atoms with Crippen LogP contribution >= 0.6 is 0 Å². The number of rotatable bonds is 18. The molecular weight excluding hydrogens is 655 g/mol. The lowest BCUT2D eigenvalue weighted by atomic mass is 9.98. The molecule has 0 spiro atoms. The summed E-state index contributed by atoms with van der Waals surface area (Å²) in [6, 6.07) is 6.14. The Hall–Kier alpha value is -1.74. The Kier molecular flexibility index (Phi) is 35.0. The van der Waals surface area contributed by atoms with Crippen molar-refractivity contribution in [1.82, 2.24) is 41.6 Å². The largest absolute Gasteiger partial charge is 0.383 e. The SMILES string of the molecule is C1CCN(C2CCNCC2)C1.CCCCCC(C)N(C)NC(C)C.CCNCc1ccncc1.COCCNCCOC.NC(=O)C1CCNCC1. The van der Waals surface area contributed by atoms with Gasteiger partial charge in [-0.05, 0) is 129 Å². The van der Waals surface area contributed by atoms with Gasteiger partial charge in [-0.1, -0.05) is 33.1 Å². The van der Waals surface area contributed by atoms with Crippen LogP contribution in [0.2, 0.25) is 0 Å². The van der Waals surface area contributed by atoms with Crippen molar-refractivity contribution in [2.75, 3.05) is 93.4 Å². The fourth-order valence-electron chi connectivity index (χ4n) is 6.05. The first-order chi connectivity index (χ1) is 25.2. The quantitative estimate of drug-likeness (QED) is 0.0956. The maximum Gasteiger partial charge on any atom is 0.220 e. The number of piperidine rings is 2. The number of carbonyl (C=O) groups excluding carboxylic acids is 1. The summed E-state index contributed by atoms with van der Waals surface area (Å²) in [5, 5.41) is 15.2. The first-order valence-corrected chi connectivity index (χ1v) is 20.4. The molecule has 1 aromatic heterocycles. The summed E-state index contributed by atoms with van der Waals surface area (Å²) in [5.74, 6) is -0.0113. The van der Waals surface area contributed by atoms with Gasteiger partial charge in [0.15, 0.2) is 0 Å². The van der Waals surface area contributed by atoms with Crippen LogP contribution in [0.1, 0.15) is 104 Å². The zero-order valence-electron chi connectivity index (χ0n) is 34.8. The van der Waals surface area contributed by atoms with E-state index in [-0.39, 0.29) is 11.8 Å². The van der Waals surface area contributed by atoms with Crippen molar-refractivity contribution in [3.8, 4) is 0 Å². The van der Waals surface area contributed by atoms with Crippen LogP contribution in [0.3, 0.4) is 0 Å². The Morgan fingerprint density at radius 1 is 0.923 bits per heavy atom. The van der Waals surface area contributed by atoms with Crippen molar-refractivity contribution in [2.45, 2.75) is 123 Å². The third-order valence-electron chi connectivity index (χ3n) is 9.35. The third kappa shape index (κ3) is 29.7. The maximum absolute atomic E-state index is 10.5. The standard InChI is InChI=1S/C11H26N2.C9H18N2.C8H12N2.C6H12N2O.C6H15NO2/c1-6-7-8-9-11(4)13(5)12-10(2)3;1-2-8-11(7-1)9-3-5-10-6-4-9;1-2-9-7-8-3-5-10-6-4-8;7-6(9)5-1-3-8-4-2-5;1-8-5-3-7-4-6-9-2/h10-12H,6-9H2,1-5H3;9-10H,1-8H2;3-6,9H,2,7H2,1H3;5,8H,1-4H2,(H2,7,9);7H,3-6H2,1-2H3. The molecule has 1 amide bonds. The average Bonchev–Trinajstić information content (AvgIpc) is 3.72. The number of hydrogen-bond donors (Lipinski definition) is 6. The lowest BCUT2D eigenvalue weighted by Gasteiger charge is -2.31. The van der Waals surface area contributed by atoms with Gasteiger partial charge in [0, 0.05) is 77.3 Å². The minimum absolute atomic E-state index is 0.131. The number of nitrogens with zero attached hydrogens (tertiary/aromatic N) is 3. The van der Waals surface area contributed by atoms with Crippen molar-refractivity contribution >= 4 is 5.91 Å². The van der Waals surface area contributed by atoms with Gasteiger partial charge in [-0.25, -0.2) is 5.01 Å². The van der Waals surface area contributed by atoms with Crippen molar-refractivity contribution < 1.29 is 14.3 Å². The zero-order chi connectivity index (χ0) is 38.7. The predicted octanol–water partition coefficient (Wildman–Crippen LogP) is 4.17. The molecule has 1 unspecified atom stereocenters. The summed E-state index contributed by atoms with van der Waals surface area (Å²) in [6.07, 6.45) is 16.4. The van der Waals surface area contributed by atoms with Crippen LogP contribution < -0.4 is 32.4 Å². The number of amides is 1. The molecule has 12 heteroatoms. The summed E-state index contributed by atoms with van der Waals surface area (Å²) in [7, 11) is 5.52. The number of hydrogen-bond acceptors (Lipinski definition) is 11. The molecular formula is C40H83N9O3. The topological polar surface area (TPSA) is 141 Å². The number of nitrogens with one attached hydrogen (secondary N) is 5. The fraction of sp³-hybridized carbons (Fsp3) is 0.850. The molecule has 52 heavy (non-hydrogen) atoms. The molecule has 12 nitrogen and oxygen atoms in total. The number of carbonyl (C=O) groups is 1. The van der Waals surface area contributed by atoms with E-state index in [1.54, 1.807) is 14.2 Å². The predicted molar refractivity (Wildman–Crippen MR) is 219 cm³/mol. The monoisotopic (exact) mass is 738 g/mol. The number of methoxy groups -OCH3 is 2. The van der Waals surface area contributed by atoms with Crippen LogP contribution in [0.25, 0.3) is 0 Å². The Balaban J connectivity index is 0.000000629. The summed E-state index contributed by atoms with van der Waals surface area (Å²) in [4.78, 5) is 17.2. The highest BCUT2D eigenvalue weighted by atomic mass is 16.5. The molecule has 0 aliphatic carbocycles. The van der Waals surface area contributed by atoms with Gasteiger partial charge < -0.3 is 41.4 Å². The Bertz CT molecular complexity index is 876. The van der Waals surface area contributed by atoms with Crippen LogP contribution in [0.4, 0.5) is 0 Å². The van der Waals surface area contributed by atoms with Crippen molar-refractivity contribution in [3.63, 3.8) is 0 Å². The molecule has 0 saturated carbocycles. The van der Waals surface area contributed by atoms with Crippen molar-refractivity contribution in [3.05, 3.63) is 30.1 Å². The van der Waals surface area contributed by atoms with Gasteiger partial charge in [0.2, 0.25) is 5.91 Å². The molecule has 3 fully saturated rings. The van der Waals surface area contributed by atoms with Gasteiger partial charge in [0.1, 0.15) is 0 Å². The molecule has 306 valence electrons. The molecule has 0 bridgehead atoms. The van der Waals surface area contributed by atoms with Crippen LogP contribution in [-0.4, -0.2) is 132 Å². The van der Waals surface area contributed by atoms with E-state index in [1.807, 2.05) is 24.5 Å². The molecule has 1 atom stereocenters. The number of aromatic nitrogens is 1. The number of nitrogens with two attached hydrogens (primary N) is 1. The smallest absolute Gasteiger partial charge is 0.220 e. The number of pyridine rings is 1. The van der Waals surface area contributed by atoms with E-state index >= 15 is 0 Å². The van der Waals surface area contributed by atoms with E-state index < -0.39 is 0 Å². The third-order valence-corrected chi connectivity index (χ3v) is 9.35. The summed E-state index contributed by atoms with van der Waals surface area (Å²) < 4.78 is 9.64. The van der Waals surface area contributed by atoms with Gasteiger partial charge in [-0.15, -0.1) is 0 Å². The van der Waals surface area contributed by atoms with E-state index in [4.69, 9.17) is 15.2 Å². The van der Waals surface area contributed by atoms with E-state index in [2.05, 4.69) is 83.3 Å². The molecule has 1 aromatic rings. The molecule has 7 N–H and O–H groups in total. The minimum Gasteiger partial charge on any atom is -0.383 e. The normalized spacial score (nSPS) is 17.1. The van der Waals surface area contributed by atoms with Gasteiger partial charge in [-0.3, -0.25) is 15.2 Å². The first kappa shape index (κ1) is 50.3. The molecule has 0 aromatic carbocycles. The number of likely N-dealkylation sites (tertiary alicyclic amines) is 1. The second-order valence-electron chi connectivity index (χ2n) is 14.3. The lowest BCUT2D eigenvalue weighted by molar-refractivity contribution is -0.122. The first-order valence-electron chi connectivity index (χ1n) is 20.4. The number of unbranched alkanes of at least 4 members (excludes halogenated alkanes) is 2. The van der Waals surface area contributed by atoms with E-state index in [0.717, 1.165) is 71.4 Å². The number of ether oxygens (including phenoxy) is 2. The zero-order valence-corrected chi connectivity index (χ0v) is 34.8. The highest BCUT2D eigenvalue weighted by molar-refractivity contribution is 5.76. The van der Waals surface area contributed by atoms with Gasteiger partial charge in [0.25, 0.3) is 0 Å². The van der Waals surface area contributed by atoms with Crippen LogP contribution in [0.15, 0.2) is 24.5 Å². The van der Waals surface area contributed by atoms with Crippen molar-refractivity contribution in [1.29, 1.82) is 0 Å². The minimum atomic E-state index is -0.142. The van der Waals surface area contributed by atoms with E-state index in [9.17, 15) is 4.79 Å².